The van der Waals surface area contributed by atoms with Crippen LogP contribution in [0.25, 0.3) is 11.3 Å². The maximum Gasteiger partial charge on any atom is 0.573 e. The lowest BCUT2D eigenvalue weighted by Crippen LogP contribution is -2.30. The SMILES string of the molecule is C/C(=C\OCCCNC(=S)Nc1ccccc1C(C)C)c1ncn(-c2ccc(OC(F)(F)F)cc2)n1. The molecule has 0 atom stereocenters. The highest BCUT2D eigenvalue weighted by Crippen LogP contribution is 2.24. The molecule has 0 aliphatic rings. The van der Waals surface area contributed by atoms with E-state index < -0.39 is 6.36 Å². The van der Waals surface area contributed by atoms with E-state index in [1.807, 2.05) is 25.1 Å². The van der Waals surface area contributed by atoms with Gasteiger partial charge in [-0.2, -0.15) is 0 Å². The Hall–Kier alpha value is -3.60. The fourth-order valence-electron chi connectivity index (χ4n) is 3.24. The van der Waals surface area contributed by atoms with Crippen LogP contribution < -0.4 is 15.4 Å². The number of para-hydroxylation sites is 1. The summed E-state index contributed by atoms with van der Waals surface area (Å²) in [4.78, 5) is 4.23. The normalized spacial score (nSPS) is 11.9. The molecule has 0 bridgehead atoms. The molecule has 0 unspecified atom stereocenters. The Labute approximate surface area is 213 Å². The van der Waals surface area contributed by atoms with Gasteiger partial charge in [0.2, 0.25) is 0 Å². The maximum absolute atomic E-state index is 12.3. The Balaban J connectivity index is 1.41. The third-order valence-corrected chi connectivity index (χ3v) is 5.24. The molecule has 36 heavy (non-hydrogen) atoms. The van der Waals surface area contributed by atoms with Gasteiger partial charge in [0.25, 0.3) is 0 Å². The molecule has 192 valence electrons. The first-order chi connectivity index (χ1) is 17.1. The molecular formula is C25H28F3N5O2S. The number of thiocarbonyl (C=S) groups is 1. The monoisotopic (exact) mass is 519 g/mol. The van der Waals surface area contributed by atoms with Gasteiger partial charge in [-0.1, -0.05) is 32.0 Å². The molecule has 7 nitrogen and oxygen atoms in total. The third-order valence-electron chi connectivity index (χ3n) is 5.00. The summed E-state index contributed by atoms with van der Waals surface area (Å²) in [5.74, 6) is 0.527. The fourth-order valence-corrected chi connectivity index (χ4v) is 3.46. The van der Waals surface area contributed by atoms with Crippen molar-refractivity contribution in [1.29, 1.82) is 0 Å². The van der Waals surface area contributed by atoms with Crippen LogP contribution in [-0.2, 0) is 4.74 Å². The number of benzene rings is 2. The summed E-state index contributed by atoms with van der Waals surface area (Å²) in [6, 6.07) is 13.4. The second-order valence-electron chi connectivity index (χ2n) is 8.20. The third kappa shape index (κ3) is 8.26. The topological polar surface area (TPSA) is 73.2 Å². The smallest absolute Gasteiger partial charge is 0.501 e. The molecule has 0 aliphatic carbocycles. The number of anilines is 1. The second-order valence-corrected chi connectivity index (χ2v) is 8.61. The Kier molecular flexibility index (Phi) is 9.29. The average molecular weight is 520 g/mol. The molecule has 0 amide bonds. The van der Waals surface area contributed by atoms with Gasteiger partial charge in [-0.05, 0) is 67.4 Å². The van der Waals surface area contributed by atoms with Gasteiger partial charge in [0.05, 0.1) is 18.6 Å². The molecule has 0 radical (unpaired) electrons. The molecule has 0 aliphatic heterocycles. The van der Waals surface area contributed by atoms with E-state index in [0.717, 1.165) is 12.1 Å². The summed E-state index contributed by atoms with van der Waals surface area (Å²) in [6.07, 6.45) is -0.953. The Morgan fingerprint density at radius 2 is 1.86 bits per heavy atom. The number of hydrogen-bond acceptors (Lipinski definition) is 5. The van der Waals surface area contributed by atoms with E-state index in [9.17, 15) is 13.2 Å². The van der Waals surface area contributed by atoms with E-state index in [-0.39, 0.29) is 5.75 Å². The van der Waals surface area contributed by atoms with Crippen molar-refractivity contribution in [3.8, 4) is 11.4 Å². The van der Waals surface area contributed by atoms with Gasteiger partial charge >= 0.3 is 6.36 Å². The van der Waals surface area contributed by atoms with E-state index in [4.69, 9.17) is 17.0 Å². The van der Waals surface area contributed by atoms with Crippen LogP contribution in [0.4, 0.5) is 18.9 Å². The van der Waals surface area contributed by atoms with Gasteiger partial charge < -0.3 is 20.1 Å². The number of alkyl halides is 3. The van der Waals surface area contributed by atoms with Crippen LogP contribution >= 0.6 is 12.2 Å². The van der Waals surface area contributed by atoms with Crippen LogP contribution in [0.3, 0.4) is 0 Å². The molecule has 0 fully saturated rings. The van der Waals surface area contributed by atoms with Crippen LogP contribution in [0.5, 0.6) is 5.75 Å². The molecular weight excluding hydrogens is 491 g/mol. The molecule has 2 N–H and O–H groups in total. The minimum Gasteiger partial charge on any atom is -0.501 e. The lowest BCUT2D eigenvalue weighted by atomic mass is 10.0. The molecule has 0 saturated carbocycles. The summed E-state index contributed by atoms with van der Waals surface area (Å²) < 4.78 is 47.8. The second kappa shape index (κ2) is 12.4. The maximum atomic E-state index is 12.3. The molecule has 3 rings (SSSR count). The van der Waals surface area contributed by atoms with Gasteiger partial charge in [0.15, 0.2) is 10.9 Å². The fraction of sp³-hybridized carbons (Fsp3) is 0.320. The molecule has 11 heteroatoms. The largest absolute Gasteiger partial charge is 0.573 e. The number of nitrogens with zero attached hydrogens (tertiary/aromatic N) is 3. The summed E-state index contributed by atoms with van der Waals surface area (Å²) in [5.41, 5.74) is 3.45. The van der Waals surface area contributed by atoms with Gasteiger partial charge in [-0.25, -0.2) is 9.67 Å². The lowest BCUT2D eigenvalue weighted by Gasteiger charge is -2.16. The summed E-state index contributed by atoms with van der Waals surface area (Å²) in [6.45, 7) is 7.19. The predicted molar refractivity (Wildman–Crippen MR) is 137 cm³/mol. The van der Waals surface area contributed by atoms with Crippen LogP contribution in [0.1, 0.15) is 44.5 Å². The molecule has 0 saturated heterocycles. The number of aromatic nitrogens is 3. The van der Waals surface area contributed by atoms with Crippen molar-refractivity contribution in [2.24, 2.45) is 0 Å². The van der Waals surface area contributed by atoms with Gasteiger partial charge in [0, 0.05) is 17.8 Å². The molecule has 1 heterocycles. The predicted octanol–water partition coefficient (Wildman–Crippen LogP) is 6.04. The van der Waals surface area contributed by atoms with Crippen molar-refractivity contribution in [1.82, 2.24) is 20.1 Å². The van der Waals surface area contributed by atoms with Gasteiger partial charge in [-0.3, -0.25) is 0 Å². The van der Waals surface area contributed by atoms with Gasteiger partial charge in [0.1, 0.15) is 12.1 Å². The molecule has 3 aromatic rings. The standard InChI is InChI=1S/C25H28F3N5O2S/c1-17(2)21-7-4-5-8-22(21)31-24(36)29-13-6-14-34-15-18(3)23-30-16-33(32-23)19-9-11-20(12-10-19)35-25(26,27)28/h4-5,7-12,15-17H,6,13-14H2,1-3H3,(H2,29,31,36)/b18-15+. The molecule has 2 aromatic carbocycles. The zero-order valence-corrected chi connectivity index (χ0v) is 21.0. The van der Waals surface area contributed by atoms with Crippen molar-refractivity contribution < 1.29 is 22.6 Å². The first-order valence-electron chi connectivity index (χ1n) is 11.3. The van der Waals surface area contributed by atoms with E-state index >= 15 is 0 Å². The quantitative estimate of drug-likeness (QED) is 0.192. The van der Waals surface area contributed by atoms with Crippen molar-refractivity contribution in [2.45, 2.75) is 39.5 Å². The van der Waals surface area contributed by atoms with E-state index in [0.29, 0.717) is 41.3 Å². The van der Waals surface area contributed by atoms with Crippen molar-refractivity contribution in [3.05, 3.63) is 72.5 Å². The van der Waals surface area contributed by atoms with Crippen LogP contribution in [0.15, 0.2) is 61.1 Å². The van der Waals surface area contributed by atoms with Crippen molar-refractivity contribution >= 4 is 28.6 Å². The number of rotatable bonds is 10. The summed E-state index contributed by atoms with van der Waals surface area (Å²) >= 11 is 5.39. The summed E-state index contributed by atoms with van der Waals surface area (Å²) in [7, 11) is 0. The number of allylic oxidation sites excluding steroid dienone is 1. The number of ether oxygens (including phenoxy) is 2. The van der Waals surface area contributed by atoms with E-state index in [2.05, 4.69) is 45.4 Å². The Morgan fingerprint density at radius 1 is 1.14 bits per heavy atom. The van der Waals surface area contributed by atoms with E-state index in [1.54, 1.807) is 6.26 Å². The number of halogens is 3. The van der Waals surface area contributed by atoms with Crippen LogP contribution in [0.2, 0.25) is 0 Å². The highest BCUT2D eigenvalue weighted by Gasteiger charge is 2.31. The van der Waals surface area contributed by atoms with Crippen molar-refractivity contribution in [3.63, 3.8) is 0 Å². The first kappa shape index (κ1) is 27.0. The Morgan fingerprint density at radius 3 is 2.56 bits per heavy atom. The zero-order valence-electron chi connectivity index (χ0n) is 20.2. The minimum atomic E-state index is -4.73. The zero-order chi connectivity index (χ0) is 26.1. The molecule has 0 spiro atoms. The average Bonchev–Trinajstić information content (AvgIpc) is 3.31. The number of hydrogen-bond donors (Lipinski definition) is 2. The highest BCUT2D eigenvalue weighted by atomic mass is 32.1. The Bertz CT molecular complexity index is 1180. The molecule has 1 aromatic heterocycles. The first-order valence-corrected chi connectivity index (χ1v) is 11.7. The lowest BCUT2D eigenvalue weighted by molar-refractivity contribution is -0.274. The van der Waals surface area contributed by atoms with Crippen LogP contribution in [0, 0.1) is 0 Å². The van der Waals surface area contributed by atoms with Crippen molar-refractivity contribution in [2.75, 3.05) is 18.5 Å². The minimum absolute atomic E-state index is 0.303. The van der Waals surface area contributed by atoms with Crippen LogP contribution in [-0.4, -0.2) is 39.4 Å². The van der Waals surface area contributed by atoms with Gasteiger partial charge in [-0.15, -0.1) is 18.3 Å². The van der Waals surface area contributed by atoms with E-state index in [1.165, 1.54) is 40.8 Å². The number of nitrogens with one attached hydrogen (secondary N) is 2. The summed E-state index contributed by atoms with van der Waals surface area (Å²) in [5, 5.41) is 11.3. The highest BCUT2D eigenvalue weighted by molar-refractivity contribution is 7.80.